The number of benzene rings is 1. The first kappa shape index (κ1) is 16.7. The van der Waals surface area contributed by atoms with Gasteiger partial charge in [0, 0.05) is 32.7 Å². The van der Waals surface area contributed by atoms with Crippen molar-refractivity contribution in [1.29, 1.82) is 0 Å². The van der Waals surface area contributed by atoms with Crippen LogP contribution in [0.3, 0.4) is 0 Å². The van der Waals surface area contributed by atoms with Gasteiger partial charge in [0.2, 0.25) is 10.3 Å². The van der Waals surface area contributed by atoms with Crippen molar-refractivity contribution in [3.8, 4) is 0 Å². The fourth-order valence-corrected chi connectivity index (χ4v) is 3.36. The molecule has 128 valence electrons. The molecule has 0 aliphatic carbocycles. The summed E-state index contributed by atoms with van der Waals surface area (Å²) >= 11 is 1.41. The van der Waals surface area contributed by atoms with Crippen LogP contribution in [0.2, 0.25) is 0 Å². The molecule has 1 saturated heterocycles. The summed E-state index contributed by atoms with van der Waals surface area (Å²) in [5.41, 5.74) is 1.05. The Morgan fingerprint density at radius 1 is 1.17 bits per heavy atom. The molecular weight excluding hydrogens is 324 g/mol. The Hall–Kier alpha value is -2.19. The van der Waals surface area contributed by atoms with Gasteiger partial charge in [-0.05, 0) is 12.1 Å². The minimum Gasteiger partial charge on any atom is -0.344 e. The minimum absolute atomic E-state index is 0.266. The van der Waals surface area contributed by atoms with E-state index < -0.39 is 0 Å². The van der Waals surface area contributed by atoms with Gasteiger partial charge >= 0.3 is 6.03 Å². The van der Waals surface area contributed by atoms with Gasteiger partial charge in [-0.15, -0.1) is 10.2 Å². The number of nitrogens with zero attached hydrogens (tertiary/aromatic N) is 4. The maximum absolute atomic E-state index is 11.9. The van der Waals surface area contributed by atoms with E-state index in [9.17, 15) is 4.79 Å². The Bertz CT molecular complexity index is 654. The van der Waals surface area contributed by atoms with E-state index in [1.807, 2.05) is 30.3 Å². The summed E-state index contributed by atoms with van der Waals surface area (Å²) in [7, 11) is 0. The minimum atomic E-state index is -0.266. The van der Waals surface area contributed by atoms with Gasteiger partial charge in [-0.25, -0.2) is 4.79 Å². The van der Waals surface area contributed by atoms with Gasteiger partial charge in [0.1, 0.15) is 0 Å². The second-order valence-corrected chi connectivity index (χ2v) is 6.56. The molecule has 8 heteroatoms. The molecule has 1 aliphatic rings. The van der Waals surface area contributed by atoms with Crippen LogP contribution in [-0.4, -0.2) is 53.9 Å². The van der Waals surface area contributed by atoms with Gasteiger partial charge in [-0.3, -0.25) is 5.32 Å². The van der Waals surface area contributed by atoms with Crippen LogP contribution in [-0.2, 0) is 6.54 Å². The fraction of sp³-hybridized carbons (Fsp3) is 0.438. The van der Waals surface area contributed by atoms with Gasteiger partial charge in [-0.1, -0.05) is 48.6 Å². The lowest BCUT2D eigenvalue weighted by Gasteiger charge is -2.33. The first-order valence-corrected chi connectivity index (χ1v) is 8.96. The van der Waals surface area contributed by atoms with Crippen molar-refractivity contribution in [2.75, 3.05) is 42.9 Å². The van der Waals surface area contributed by atoms with E-state index in [1.165, 1.54) is 11.3 Å². The third kappa shape index (κ3) is 4.42. The number of hydrogen-bond donors (Lipinski definition) is 2. The van der Waals surface area contributed by atoms with Crippen LogP contribution >= 0.6 is 11.3 Å². The van der Waals surface area contributed by atoms with Gasteiger partial charge in [0.15, 0.2) is 0 Å². The number of hydrogen-bond acceptors (Lipinski definition) is 6. The van der Waals surface area contributed by atoms with E-state index in [0.717, 1.165) is 43.4 Å². The third-order valence-corrected chi connectivity index (χ3v) is 4.92. The topological polar surface area (TPSA) is 73.4 Å². The lowest BCUT2D eigenvalue weighted by atomic mass is 10.2. The van der Waals surface area contributed by atoms with Crippen LogP contribution in [0.4, 0.5) is 15.1 Å². The Morgan fingerprint density at radius 3 is 2.62 bits per heavy atom. The van der Waals surface area contributed by atoms with E-state index in [0.29, 0.717) is 11.7 Å². The molecule has 3 rings (SSSR count). The molecule has 2 N–H and O–H groups in total. The number of nitrogens with one attached hydrogen (secondary N) is 2. The summed E-state index contributed by atoms with van der Waals surface area (Å²) in [5, 5.41) is 15.2. The number of carbonyl (C=O) groups is 1. The van der Waals surface area contributed by atoms with E-state index in [-0.39, 0.29) is 6.03 Å². The molecule has 1 fully saturated rings. The zero-order valence-electron chi connectivity index (χ0n) is 13.7. The van der Waals surface area contributed by atoms with Crippen LogP contribution in [0, 0.1) is 0 Å². The number of anilines is 2. The Balaban J connectivity index is 1.48. The third-order valence-electron chi connectivity index (χ3n) is 4.02. The molecule has 2 aromatic rings. The summed E-state index contributed by atoms with van der Waals surface area (Å²) in [5.74, 6) is 0. The highest BCUT2D eigenvalue weighted by molar-refractivity contribution is 7.19. The number of likely N-dealkylation sites (N-methyl/N-ethyl adjacent to an activating group) is 1. The monoisotopic (exact) mass is 346 g/mol. The highest BCUT2D eigenvalue weighted by Crippen LogP contribution is 2.24. The summed E-state index contributed by atoms with van der Waals surface area (Å²) in [4.78, 5) is 16.6. The second kappa shape index (κ2) is 8.07. The van der Waals surface area contributed by atoms with Crippen LogP contribution in [0.5, 0.6) is 0 Å². The van der Waals surface area contributed by atoms with E-state index >= 15 is 0 Å². The van der Waals surface area contributed by atoms with Crippen molar-refractivity contribution in [3.63, 3.8) is 0 Å². The Morgan fingerprint density at radius 2 is 1.92 bits per heavy atom. The van der Waals surface area contributed by atoms with Crippen molar-refractivity contribution in [3.05, 3.63) is 35.9 Å². The summed E-state index contributed by atoms with van der Waals surface area (Å²) in [6.07, 6.45) is 0. The molecule has 2 heterocycles. The molecule has 1 aromatic carbocycles. The lowest BCUT2D eigenvalue weighted by molar-refractivity contribution is 0.251. The smallest absolute Gasteiger partial charge is 0.321 e. The van der Waals surface area contributed by atoms with Crippen LogP contribution < -0.4 is 15.5 Å². The molecule has 0 saturated carbocycles. The molecule has 0 bridgehead atoms. The Kier molecular flexibility index (Phi) is 5.60. The van der Waals surface area contributed by atoms with Gasteiger partial charge in [0.05, 0.1) is 0 Å². The largest absolute Gasteiger partial charge is 0.344 e. The molecule has 1 aliphatic heterocycles. The average Bonchev–Trinajstić information content (AvgIpc) is 3.09. The molecule has 7 nitrogen and oxygen atoms in total. The summed E-state index contributed by atoms with van der Waals surface area (Å²) < 4.78 is 0. The molecule has 0 unspecified atom stereocenters. The van der Waals surface area contributed by atoms with Crippen LogP contribution in [0.1, 0.15) is 12.5 Å². The number of amides is 2. The summed E-state index contributed by atoms with van der Waals surface area (Å²) in [6, 6.07) is 9.53. The molecular formula is C16H22N6OS. The SMILES string of the molecule is CCN1CCN(c2nnc(NC(=O)NCc3ccccc3)s2)CC1. The van der Waals surface area contributed by atoms with E-state index in [2.05, 4.69) is 37.6 Å². The zero-order chi connectivity index (χ0) is 16.8. The highest BCUT2D eigenvalue weighted by atomic mass is 32.1. The molecule has 1 aromatic heterocycles. The fourth-order valence-electron chi connectivity index (χ4n) is 2.57. The predicted molar refractivity (Wildman–Crippen MR) is 96.5 cm³/mol. The van der Waals surface area contributed by atoms with Gasteiger partial charge in [0.25, 0.3) is 0 Å². The van der Waals surface area contributed by atoms with Crippen molar-refractivity contribution in [2.24, 2.45) is 0 Å². The second-order valence-electron chi connectivity index (χ2n) is 5.60. The molecule has 0 radical (unpaired) electrons. The van der Waals surface area contributed by atoms with Crippen LogP contribution in [0.25, 0.3) is 0 Å². The zero-order valence-corrected chi connectivity index (χ0v) is 14.6. The van der Waals surface area contributed by atoms with Crippen molar-refractivity contribution in [1.82, 2.24) is 20.4 Å². The molecule has 0 atom stereocenters. The Labute approximate surface area is 145 Å². The van der Waals surface area contributed by atoms with Gasteiger partial charge < -0.3 is 15.1 Å². The first-order chi connectivity index (χ1) is 11.7. The van der Waals surface area contributed by atoms with E-state index in [1.54, 1.807) is 0 Å². The number of rotatable bonds is 5. The first-order valence-electron chi connectivity index (χ1n) is 8.14. The predicted octanol–water partition coefficient (Wildman–Crippen LogP) is 2.00. The number of urea groups is 1. The average molecular weight is 346 g/mol. The van der Waals surface area contributed by atoms with Crippen molar-refractivity contribution in [2.45, 2.75) is 13.5 Å². The maximum Gasteiger partial charge on any atom is 0.321 e. The maximum atomic E-state index is 11.9. The van der Waals surface area contributed by atoms with Crippen molar-refractivity contribution >= 4 is 27.6 Å². The standard InChI is InChI=1S/C16H22N6OS/c1-2-21-8-10-22(11-9-21)16-20-19-15(24-16)18-14(23)17-12-13-6-4-3-5-7-13/h3-7H,2,8-12H2,1H3,(H2,17,18,19,23). The molecule has 0 spiro atoms. The molecule has 2 amide bonds. The normalized spacial score (nSPS) is 15.3. The molecule has 24 heavy (non-hydrogen) atoms. The quantitative estimate of drug-likeness (QED) is 0.866. The summed E-state index contributed by atoms with van der Waals surface area (Å²) in [6.45, 7) is 7.71. The number of carbonyl (C=O) groups excluding carboxylic acids is 1. The van der Waals surface area contributed by atoms with Crippen molar-refractivity contribution < 1.29 is 4.79 Å². The lowest BCUT2D eigenvalue weighted by Crippen LogP contribution is -2.46. The highest BCUT2D eigenvalue weighted by Gasteiger charge is 2.19. The number of piperazine rings is 1. The number of aromatic nitrogens is 2. The van der Waals surface area contributed by atoms with Crippen LogP contribution in [0.15, 0.2) is 30.3 Å². The van der Waals surface area contributed by atoms with Gasteiger partial charge in [-0.2, -0.15) is 0 Å². The van der Waals surface area contributed by atoms with E-state index in [4.69, 9.17) is 0 Å².